The monoisotopic (exact) mass is 193 g/mol. The van der Waals surface area contributed by atoms with Gasteiger partial charge in [0.15, 0.2) is 0 Å². The largest absolute Gasteiger partial charge is 0.314 e. The number of aryl methyl sites for hydroxylation is 1. The summed E-state index contributed by atoms with van der Waals surface area (Å²) in [6.45, 7) is 7.40. The van der Waals surface area contributed by atoms with E-state index in [1.165, 1.54) is 6.42 Å². The molecule has 1 atom stereocenters. The van der Waals surface area contributed by atoms with Crippen molar-refractivity contribution in [2.24, 2.45) is 0 Å². The molecular formula is C11H19N3. The highest BCUT2D eigenvalue weighted by Crippen LogP contribution is 1.97. The van der Waals surface area contributed by atoms with Gasteiger partial charge in [0.05, 0.1) is 0 Å². The van der Waals surface area contributed by atoms with E-state index < -0.39 is 0 Å². The maximum Gasteiger partial charge on any atom is 0.129 e. The van der Waals surface area contributed by atoms with E-state index in [1.807, 2.05) is 19.3 Å². The van der Waals surface area contributed by atoms with E-state index >= 15 is 0 Å². The summed E-state index contributed by atoms with van der Waals surface area (Å²) in [4.78, 5) is 8.55. The van der Waals surface area contributed by atoms with Crippen molar-refractivity contribution in [1.29, 1.82) is 0 Å². The van der Waals surface area contributed by atoms with E-state index in [0.717, 1.165) is 24.4 Å². The van der Waals surface area contributed by atoms with Gasteiger partial charge in [0.1, 0.15) is 5.82 Å². The van der Waals surface area contributed by atoms with Crippen LogP contribution in [0, 0.1) is 6.92 Å². The molecule has 0 bridgehead atoms. The number of nitrogens with one attached hydrogen (secondary N) is 1. The van der Waals surface area contributed by atoms with Crippen LogP contribution in [0.2, 0.25) is 0 Å². The van der Waals surface area contributed by atoms with Crippen molar-refractivity contribution in [3.05, 3.63) is 23.8 Å². The van der Waals surface area contributed by atoms with E-state index in [2.05, 4.69) is 29.1 Å². The Bertz CT molecular complexity index is 256. The predicted molar refractivity (Wildman–Crippen MR) is 58.2 cm³/mol. The SMILES string of the molecule is CCCNC(C)Cc1ncc(C)cn1. The Morgan fingerprint density at radius 3 is 2.57 bits per heavy atom. The summed E-state index contributed by atoms with van der Waals surface area (Å²) in [5.41, 5.74) is 1.11. The first kappa shape index (κ1) is 11.1. The van der Waals surface area contributed by atoms with Crippen LogP contribution >= 0.6 is 0 Å². The third kappa shape index (κ3) is 3.83. The van der Waals surface area contributed by atoms with E-state index in [0.29, 0.717) is 6.04 Å². The van der Waals surface area contributed by atoms with Gasteiger partial charge in [-0.3, -0.25) is 0 Å². The molecule has 3 nitrogen and oxygen atoms in total. The highest BCUT2D eigenvalue weighted by atomic mass is 14.9. The lowest BCUT2D eigenvalue weighted by molar-refractivity contribution is 0.532. The van der Waals surface area contributed by atoms with E-state index in [4.69, 9.17) is 0 Å². The summed E-state index contributed by atoms with van der Waals surface area (Å²) in [6.07, 6.45) is 5.81. The molecule has 0 saturated carbocycles. The predicted octanol–water partition coefficient (Wildman–Crippen LogP) is 1.72. The van der Waals surface area contributed by atoms with Crippen LogP contribution in [0.15, 0.2) is 12.4 Å². The second kappa shape index (κ2) is 5.70. The molecule has 0 fully saturated rings. The van der Waals surface area contributed by atoms with Crippen molar-refractivity contribution in [3.8, 4) is 0 Å². The average molecular weight is 193 g/mol. The van der Waals surface area contributed by atoms with Crippen LogP contribution in [-0.4, -0.2) is 22.6 Å². The fraction of sp³-hybridized carbons (Fsp3) is 0.636. The number of hydrogen-bond acceptors (Lipinski definition) is 3. The number of rotatable bonds is 5. The van der Waals surface area contributed by atoms with Crippen LogP contribution in [-0.2, 0) is 6.42 Å². The van der Waals surface area contributed by atoms with Gasteiger partial charge in [0, 0.05) is 24.9 Å². The lowest BCUT2D eigenvalue weighted by Gasteiger charge is -2.11. The fourth-order valence-electron chi connectivity index (χ4n) is 1.26. The van der Waals surface area contributed by atoms with Crippen molar-refractivity contribution in [1.82, 2.24) is 15.3 Å². The average Bonchev–Trinajstić information content (AvgIpc) is 2.18. The summed E-state index contributed by atoms with van der Waals surface area (Å²) in [7, 11) is 0. The quantitative estimate of drug-likeness (QED) is 0.773. The molecule has 0 spiro atoms. The van der Waals surface area contributed by atoms with Crippen molar-refractivity contribution in [2.75, 3.05) is 6.54 Å². The molecule has 1 rings (SSSR count). The second-order valence-corrected chi connectivity index (χ2v) is 3.74. The van der Waals surface area contributed by atoms with Gasteiger partial charge in [0.25, 0.3) is 0 Å². The van der Waals surface area contributed by atoms with Gasteiger partial charge in [-0.05, 0) is 32.4 Å². The Morgan fingerprint density at radius 1 is 1.36 bits per heavy atom. The molecule has 1 aromatic heterocycles. The van der Waals surface area contributed by atoms with Gasteiger partial charge in [-0.1, -0.05) is 6.92 Å². The molecule has 0 aromatic carbocycles. The molecule has 1 N–H and O–H groups in total. The minimum absolute atomic E-state index is 0.456. The summed E-state index contributed by atoms with van der Waals surface area (Å²) in [5, 5.41) is 3.42. The summed E-state index contributed by atoms with van der Waals surface area (Å²) in [6, 6.07) is 0.456. The third-order valence-electron chi connectivity index (χ3n) is 2.07. The molecule has 0 radical (unpaired) electrons. The molecule has 14 heavy (non-hydrogen) atoms. The zero-order valence-electron chi connectivity index (χ0n) is 9.25. The topological polar surface area (TPSA) is 37.8 Å². The Balaban J connectivity index is 2.39. The van der Waals surface area contributed by atoms with Crippen LogP contribution in [0.1, 0.15) is 31.7 Å². The van der Waals surface area contributed by atoms with Crippen LogP contribution < -0.4 is 5.32 Å². The lowest BCUT2D eigenvalue weighted by Crippen LogP contribution is -2.29. The Labute approximate surface area is 86.0 Å². The molecule has 0 aliphatic heterocycles. The minimum atomic E-state index is 0.456. The van der Waals surface area contributed by atoms with Crippen LogP contribution in [0.3, 0.4) is 0 Å². The normalized spacial score (nSPS) is 12.8. The van der Waals surface area contributed by atoms with E-state index in [-0.39, 0.29) is 0 Å². The smallest absolute Gasteiger partial charge is 0.129 e. The molecule has 0 amide bonds. The molecule has 0 saturated heterocycles. The summed E-state index contributed by atoms with van der Waals surface area (Å²) in [5.74, 6) is 0.923. The Morgan fingerprint density at radius 2 is 2.00 bits per heavy atom. The molecule has 3 heteroatoms. The van der Waals surface area contributed by atoms with Crippen molar-refractivity contribution in [2.45, 2.75) is 39.7 Å². The first-order valence-corrected chi connectivity index (χ1v) is 5.23. The zero-order chi connectivity index (χ0) is 10.4. The van der Waals surface area contributed by atoms with Crippen molar-refractivity contribution >= 4 is 0 Å². The number of aromatic nitrogens is 2. The minimum Gasteiger partial charge on any atom is -0.314 e. The van der Waals surface area contributed by atoms with E-state index in [9.17, 15) is 0 Å². The molecule has 0 aliphatic carbocycles. The van der Waals surface area contributed by atoms with Gasteiger partial charge in [-0.2, -0.15) is 0 Å². The standard InChI is InChI=1S/C11H19N3/c1-4-5-12-10(3)6-11-13-7-9(2)8-14-11/h7-8,10,12H,4-6H2,1-3H3. The molecule has 0 aliphatic rings. The van der Waals surface area contributed by atoms with Crippen LogP contribution in [0.4, 0.5) is 0 Å². The number of hydrogen-bond donors (Lipinski definition) is 1. The van der Waals surface area contributed by atoms with Gasteiger partial charge < -0.3 is 5.32 Å². The fourth-order valence-corrected chi connectivity index (χ4v) is 1.26. The third-order valence-corrected chi connectivity index (χ3v) is 2.07. The highest BCUT2D eigenvalue weighted by molar-refractivity contribution is 5.02. The highest BCUT2D eigenvalue weighted by Gasteiger charge is 2.03. The first-order chi connectivity index (χ1) is 6.72. The van der Waals surface area contributed by atoms with E-state index in [1.54, 1.807) is 0 Å². The van der Waals surface area contributed by atoms with Crippen LogP contribution in [0.25, 0.3) is 0 Å². The maximum atomic E-state index is 4.28. The first-order valence-electron chi connectivity index (χ1n) is 5.23. The maximum absolute atomic E-state index is 4.28. The van der Waals surface area contributed by atoms with Gasteiger partial charge in [0.2, 0.25) is 0 Å². The van der Waals surface area contributed by atoms with Gasteiger partial charge in [-0.15, -0.1) is 0 Å². The Hall–Kier alpha value is -0.960. The molecule has 1 aromatic rings. The van der Waals surface area contributed by atoms with Crippen LogP contribution in [0.5, 0.6) is 0 Å². The molecule has 78 valence electrons. The molecule has 1 unspecified atom stereocenters. The van der Waals surface area contributed by atoms with Crippen molar-refractivity contribution < 1.29 is 0 Å². The lowest BCUT2D eigenvalue weighted by atomic mass is 10.2. The number of nitrogens with zero attached hydrogens (tertiary/aromatic N) is 2. The zero-order valence-corrected chi connectivity index (χ0v) is 9.25. The molecule has 1 heterocycles. The summed E-state index contributed by atoms with van der Waals surface area (Å²) >= 11 is 0. The Kier molecular flexibility index (Phi) is 4.53. The molecular weight excluding hydrogens is 174 g/mol. The summed E-state index contributed by atoms with van der Waals surface area (Å²) < 4.78 is 0. The van der Waals surface area contributed by atoms with Crippen molar-refractivity contribution in [3.63, 3.8) is 0 Å². The second-order valence-electron chi connectivity index (χ2n) is 3.74. The van der Waals surface area contributed by atoms with Gasteiger partial charge >= 0.3 is 0 Å². The van der Waals surface area contributed by atoms with Gasteiger partial charge in [-0.25, -0.2) is 9.97 Å².